The summed E-state index contributed by atoms with van der Waals surface area (Å²) in [6.45, 7) is 5.83. The van der Waals surface area contributed by atoms with Gasteiger partial charge in [0.25, 0.3) is 0 Å². The van der Waals surface area contributed by atoms with Crippen molar-refractivity contribution in [2.24, 2.45) is 0 Å². The van der Waals surface area contributed by atoms with Crippen LogP contribution in [0.1, 0.15) is 38.7 Å². The van der Waals surface area contributed by atoms with E-state index in [0.29, 0.717) is 19.3 Å². The van der Waals surface area contributed by atoms with Gasteiger partial charge in [-0.15, -0.1) is 0 Å². The molecule has 2 aromatic rings. The fourth-order valence-electron chi connectivity index (χ4n) is 4.32. The van der Waals surface area contributed by atoms with Crippen LogP contribution in [0, 0.1) is 0 Å². The van der Waals surface area contributed by atoms with Gasteiger partial charge in [0.1, 0.15) is 5.54 Å². The number of hydrogen-bond donors (Lipinski definition) is 2. The van der Waals surface area contributed by atoms with Crippen molar-refractivity contribution in [2.45, 2.75) is 45.1 Å². The summed E-state index contributed by atoms with van der Waals surface area (Å²) < 4.78 is 18.8. The van der Waals surface area contributed by atoms with Gasteiger partial charge in [0.05, 0.1) is 13.7 Å². The molecule has 198 valence electrons. The standard InChI is InChI=1S/C24H30N2O3.C2H7O4P/c1-3-22(27)26(21-12-8-5-9-13-21)24(23(28)29-2)15-18-25(19-16-24)17-14-20-10-6-4-7-11-20;1-2-6-7(3,4)5/h4-13H,3,14-19H2,1-2H3;2H2,1H3,(H2,3,4,5). The molecule has 0 unspecified atom stereocenters. The van der Waals surface area contributed by atoms with Crippen LogP contribution in [0.25, 0.3) is 0 Å². The Bertz CT molecular complexity index is 990. The average Bonchev–Trinajstić information content (AvgIpc) is 2.88. The van der Waals surface area contributed by atoms with Crippen molar-refractivity contribution in [3.05, 3.63) is 66.2 Å². The van der Waals surface area contributed by atoms with E-state index in [1.165, 1.54) is 19.6 Å². The highest BCUT2D eigenvalue weighted by Gasteiger charge is 2.49. The van der Waals surface area contributed by atoms with Crippen LogP contribution >= 0.6 is 7.82 Å². The molecule has 1 fully saturated rings. The topological polar surface area (TPSA) is 117 Å². The fraction of sp³-hybridized carbons (Fsp3) is 0.462. The Morgan fingerprint density at radius 1 is 1.00 bits per heavy atom. The smallest absolute Gasteiger partial charge is 0.467 e. The lowest BCUT2D eigenvalue weighted by Gasteiger charge is -2.46. The molecular weight excluding hydrogens is 483 g/mol. The molecule has 0 aromatic heterocycles. The lowest BCUT2D eigenvalue weighted by atomic mass is 9.84. The summed E-state index contributed by atoms with van der Waals surface area (Å²) in [5.74, 6) is -0.384. The highest BCUT2D eigenvalue weighted by molar-refractivity contribution is 7.46. The van der Waals surface area contributed by atoms with Gasteiger partial charge in [-0.05, 0) is 43.9 Å². The fourth-order valence-corrected chi connectivity index (χ4v) is 4.66. The second-order valence-electron chi connectivity index (χ2n) is 8.43. The van der Waals surface area contributed by atoms with E-state index >= 15 is 0 Å². The Morgan fingerprint density at radius 3 is 2.00 bits per heavy atom. The third kappa shape index (κ3) is 8.54. The number of hydrogen-bond acceptors (Lipinski definition) is 6. The van der Waals surface area contributed by atoms with Crippen molar-refractivity contribution < 1.29 is 33.2 Å². The number of rotatable bonds is 9. The zero-order valence-corrected chi connectivity index (χ0v) is 22.1. The van der Waals surface area contributed by atoms with Gasteiger partial charge >= 0.3 is 13.8 Å². The van der Waals surface area contributed by atoms with Gasteiger partial charge < -0.3 is 19.4 Å². The molecule has 36 heavy (non-hydrogen) atoms. The quantitative estimate of drug-likeness (QED) is 0.379. The molecule has 1 saturated heterocycles. The van der Waals surface area contributed by atoms with E-state index in [9.17, 15) is 14.2 Å². The van der Waals surface area contributed by atoms with E-state index in [0.717, 1.165) is 31.7 Å². The third-order valence-corrected chi connectivity index (χ3v) is 6.69. The predicted molar refractivity (Wildman–Crippen MR) is 138 cm³/mol. The minimum absolute atomic E-state index is 0.0459. The molecular formula is C26H37N2O7P. The van der Waals surface area contributed by atoms with Gasteiger partial charge in [-0.1, -0.05) is 55.5 Å². The number of ether oxygens (including phenoxy) is 1. The number of amides is 1. The Hall–Kier alpha value is -2.55. The molecule has 1 heterocycles. The molecule has 3 rings (SSSR count). The maximum atomic E-state index is 13.0. The maximum absolute atomic E-state index is 13.0. The molecule has 0 saturated carbocycles. The zero-order chi connectivity index (χ0) is 26.6. The minimum Gasteiger partial charge on any atom is -0.467 e. The molecule has 0 radical (unpaired) electrons. The number of methoxy groups -OCH3 is 1. The predicted octanol–water partition coefficient (Wildman–Crippen LogP) is 3.80. The molecule has 1 amide bonds. The van der Waals surface area contributed by atoms with Crippen molar-refractivity contribution in [3.8, 4) is 0 Å². The molecule has 0 aliphatic carbocycles. The number of carbonyl (C=O) groups is 2. The SMILES string of the molecule is CCC(=O)N(c1ccccc1)C1(C(=O)OC)CCN(CCc2ccccc2)CC1.CCOP(=O)(O)O. The summed E-state index contributed by atoms with van der Waals surface area (Å²) in [6.07, 6.45) is 2.44. The van der Waals surface area contributed by atoms with Gasteiger partial charge in [0, 0.05) is 31.7 Å². The monoisotopic (exact) mass is 520 g/mol. The molecule has 0 spiro atoms. The number of phosphoric acid groups is 1. The zero-order valence-electron chi connectivity index (χ0n) is 21.2. The molecule has 0 bridgehead atoms. The molecule has 0 atom stereocenters. The van der Waals surface area contributed by atoms with E-state index in [2.05, 4.69) is 33.7 Å². The van der Waals surface area contributed by atoms with Crippen molar-refractivity contribution >= 4 is 25.4 Å². The van der Waals surface area contributed by atoms with Gasteiger partial charge in [0.15, 0.2) is 0 Å². The molecule has 1 aliphatic rings. The molecule has 2 aromatic carbocycles. The number of phosphoric ester groups is 1. The first kappa shape index (κ1) is 29.7. The first-order chi connectivity index (χ1) is 17.2. The van der Waals surface area contributed by atoms with Crippen LogP contribution in [0.3, 0.4) is 0 Å². The minimum atomic E-state index is -4.17. The highest BCUT2D eigenvalue weighted by Crippen LogP contribution is 2.36. The number of esters is 1. The first-order valence-electron chi connectivity index (χ1n) is 12.1. The molecule has 10 heteroatoms. The van der Waals surface area contributed by atoms with E-state index in [-0.39, 0.29) is 18.5 Å². The summed E-state index contributed by atoms with van der Waals surface area (Å²) in [4.78, 5) is 45.8. The van der Waals surface area contributed by atoms with Gasteiger partial charge in [-0.25, -0.2) is 9.36 Å². The van der Waals surface area contributed by atoms with Crippen LogP contribution in [-0.2, 0) is 29.8 Å². The lowest BCUT2D eigenvalue weighted by Crippen LogP contribution is -2.62. The number of carbonyl (C=O) groups excluding carboxylic acids is 2. The van der Waals surface area contributed by atoms with E-state index in [1.54, 1.807) is 4.90 Å². The van der Waals surface area contributed by atoms with Gasteiger partial charge in [-0.3, -0.25) is 14.2 Å². The van der Waals surface area contributed by atoms with Gasteiger partial charge in [-0.2, -0.15) is 0 Å². The van der Waals surface area contributed by atoms with E-state index in [4.69, 9.17) is 14.5 Å². The molecule has 9 nitrogen and oxygen atoms in total. The number of piperidine rings is 1. The Kier molecular flexibility index (Phi) is 11.8. The third-order valence-electron chi connectivity index (χ3n) is 6.10. The van der Waals surface area contributed by atoms with Crippen LogP contribution < -0.4 is 4.90 Å². The Morgan fingerprint density at radius 2 is 1.56 bits per heavy atom. The second kappa shape index (κ2) is 14.3. The van der Waals surface area contributed by atoms with Crippen LogP contribution in [0.15, 0.2) is 60.7 Å². The number of nitrogens with zero attached hydrogens (tertiary/aromatic N) is 2. The van der Waals surface area contributed by atoms with Crippen LogP contribution in [0.2, 0.25) is 0 Å². The Balaban J connectivity index is 0.000000572. The molecule has 2 N–H and O–H groups in total. The maximum Gasteiger partial charge on any atom is 0.469 e. The largest absolute Gasteiger partial charge is 0.469 e. The Labute approximate surface area is 213 Å². The number of para-hydroxylation sites is 1. The van der Waals surface area contributed by atoms with Crippen LogP contribution in [0.4, 0.5) is 5.69 Å². The van der Waals surface area contributed by atoms with Gasteiger partial charge in [0.2, 0.25) is 5.91 Å². The van der Waals surface area contributed by atoms with E-state index in [1.807, 2.05) is 43.3 Å². The lowest BCUT2D eigenvalue weighted by molar-refractivity contribution is -0.151. The second-order valence-corrected chi connectivity index (χ2v) is 9.67. The first-order valence-corrected chi connectivity index (χ1v) is 13.6. The van der Waals surface area contributed by atoms with Crippen molar-refractivity contribution in [1.29, 1.82) is 0 Å². The number of benzene rings is 2. The van der Waals surface area contributed by atoms with Crippen molar-refractivity contribution in [2.75, 3.05) is 38.3 Å². The average molecular weight is 521 g/mol. The van der Waals surface area contributed by atoms with Crippen LogP contribution in [0.5, 0.6) is 0 Å². The summed E-state index contributed by atoms with van der Waals surface area (Å²) in [5.41, 5.74) is 1.11. The summed E-state index contributed by atoms with van der Waals surface area (Å²) in [6, 6.07) is 19.9. The van der Waals surface area contributed by atoms with Crippen molar-refractivity contribution in [3.63, 3.8) is 0 Å². The summed E-state index contributed by atoms with van der Waals surface area (Å²) in [5, 5.41) is 0. The summed E-state index contributed by atoms with van der Waals surface area (Å²) in [7, 11) is -2.76. The van der Waals surface area contributed by atoms with Crippen molar-refractivity contribution in [1.82, 2.24) is 4.90 Å². The van der Waals surface area contributed by atoms with Crippen LogP contribution in [-0.4, -0.2) is 65.5 Å². The highest BCUT2D eigenvalue weighted by atomic mass is 31.2. The normalized spacial score (nSPS) is 15.4. The summed E-state index contributed by atoms with van der Waals surface area (Å²) >= 11 is 0. The molecule has 1 aliphatic heterocycles. The van der Waals surface area contributed by atoms with E-state index < -0.39 is 13.4 Å². The number of anilines is 1. The number of likely N-dealkylation sites (tertiary alicyclic amines) is 1.